The van der Waals surface area contributed by atoms with Gasteiger partial charge in [-0.25, -0.2) is 4.79 Å². The Morgan fingerprint density at radius 3 is 2.83 bits per heavy atom. The molecule has 1 aromatic heterocycles. The topological polar surface area (TPSA) is 152 Å². The summed E-state index contributed by atoms with van der Waals surface area (Å²) < 4.78 is 1.03. The van der Waals surface area contributed by atoms with Gasteiger partial charge in [-0.1, -0.05) is 17.3 Å². The summed E-state index contributed by atoms with van der Waals surface area (Å²) >= 11 is 0. The van der Waals surface area contributed by atoms with E-state index in [0.29, 0.717) is 16.8 Å². The molecule has 23 heavy (non-hydrogen) atoms. The van der Waals surface area contributed by atoms with Gasteiger partial charge in [-0.15, -0.1) is 0 Å². The summed E-state index contributed by atoms with van der Waals surface area (Å²) in [6.07, 6.45) is 0.950. The van der Waals surface area contributed by atoms with Crippen molar-refractivity contribution < 1.29 is 14.6 Å². The molecule has 0 amide bonds. The van der Waals surface area contributed by atoms with E-state index in [1.807, 2.05) is 0 Å². The van der Waals surface area contributed by atoms with Crippen LogP contribution in [0.25, 0.3) is 0 Å². The predicted octanol–water partition coefficient (Wildman–Crippen LogP) is 0.696. The molecule has 2 aromatic rings. The fraction of sp³-hybridized carbons (Fsp3) is 0.154. The third kappa shape index (κ3) is 3.10. The zero-order valence-electron chi connectivity index (χ0n) is 12.4. The molecule has 0 saturated carbocycles. The highest BCUT2D eigenvalue weighted by Crippen LogP contribution is 2.18. The second-order valence-electron chi connectivity index (χ2n) is 4.63. The molecule has 0 aliphatic carbocycles. The van der Waals surface area contributed by atoms with Gasteiger partial charge < -0.3 is 16.3 Å². The normalized spacial score (nSPS) is 11.3. The van der Waals surface area contributed by atoms with E-state index in [-0.39, 0.29) is 11.5 Å². The molecule has 10 nitrogen and oxygen atoms in total. The lowest BCUT2D eigenvalue weighted by atomic mass is 10.1. The van der Waals surface area contributed by atoms with Crippen LogP contribution in [0.3, 0.4) is 0 Å². The molecule has 0 bridgehead atoms. The molecule has 0 aliphatic rings. The quantitative estimate of drug-likeness (QED) is 0.210. The summed E-state index contributed by atoms with van der Waals surface area (Å²) in [6, 6.07) is 5.02. The maximum Gasteiger partial charge on any atom is 0.390 e. The van der Waals surface area contributed by atoms with Gasteiger partial charge in [0.25, 0.3) is 0 Å². The summed E-state index contributed by atoms with van der Waals surface area (Å²) in [5, 5.41) is 18.0. The summed E-state index contributed by atoms with van der Waals surface area (Å²) in [5.41, 5.74) is 12.4. The van der Waals surface area contributed by atoms with Crippen LogP contribution in [0.1, 0.15) is 21.6 Å². The van der Waals surface area contributed by atoms with Crippen molar-refractivity contribution >= 4 is 23.2 Å². The van der Waals surface area contributed by atoms with E-state index in [4.69, 9.17) is 11.5 Å². The Bertz CT molecular complexity index is 811. The highest BCUT2D eigenvalue weighted by Gasteiger charge is 2.27. The molecule has 2 rings (SSSR count). The van der Waals surface area contributed by atoms with Crippen molar-refractivity contribution in [2.75, 3.05) is 5.73 Å². The number of nitrogens with two attached hydrogens (primary N) is 2. The number of benzene rings is 1. The average molecular weight is 318 g/mol. The SMILES string of the molecule is Cc1c(N)cccc1/C(N)=N/OC(=O)c1c([N+](=O)[O-])cnn1C. The number of hydrogen-bond acceptors (Lipinski definition) is 7. The van der Waals surface area contributed by atoms with Gasteiger partial charge in [0.15, 0.2) is 5.84 Å². The number of rotatable bonds is 4. The van der Waals surface area contributed by atoms with Crippen LogP contribution < -0.4 is 11.5 Å². The van der Waals surface area contributed by atoms with Crippen molar-refractivity contribution in [2.45, 2.75) is 6.92 Å². The Morgan fingerprint density at radius 2 is 2.17 bits per heavy atom. The van der Waals surface area contributed by atoms with Crippen LogP contribution in [0.4, 0.5) is 11.4 Å². The fourth-order valence-corrected chi connectivity index (χ4v) is 1.91. The van der Waals surface area contributed by atoms with Crippen LogP contribution >= 0.6 is 0 Å². The van der Waals surface area contributed by atoms with Crippen molar-refractivity contribution in [3.8, 4) is 0 Å². The number of anilines is 1. The van der Waals surface area contributed by atoms with Crippen LogP contribution in [0.2, 0.25) is 0 Å². The Morgan fingerprint density at radius 1 is 1.48 bits per heavy atom. The first kappa shape index (κ1) is 15.9. The van der Waals surface area contributed by atoms with E-state index in [9.17, 15) is 14.9 Å². The van der Waals surface area contributed by atoms with Crippen molar-refractivity contribution in [3.05, 3.63) is 51.3 Å². The first-order valence-corrected chi connectivity index (χ1v) is 6.39. The number of carbonyl (C=O) groups is 1. The van der Waals surface area contributed by atoms with Crippen LogP contribution in [-0.4, -0.2) is 26.5 Å². The summed E-state index contributed by atoms with van der Waals surface area (Å²) in [5.74, 6) is -1.12. The van der Waals surface area contributed by atoms with Gasteiger partial charge >= 0.3 is 11.7 Å². The van der Waals surface area contributed by atoms with E-state index >= 15 is 0 Å². The number of aromatic nitrogens is 2. The molecule has 4 N–H and O–H groups in total. The van der Waals surface area contributed by atoms with Gasteiger partial charge in [0, 0.05) is 18.3 Å². The van der Waals surface area contributed by atoms with E-state index in [1.54, 1.807) is 25.1 Å². The number of oxime groups is 1. The Balaban J connectivity index is 2.26. The van der Waals surface area contributed by atoms with Crippen LogP contribution in [-0.2, 0) is 11.9 Å². The zero-order valence-corrected chi connectivity index (χ0v) is 12.4. The highest BCUT2D eigenvalue weighted by molar-refractivity contribution is 6.00. The lowest BCUT2D eigenvalue weighted by Gasteiger charge is -2.07. The predicted molar refractivity (Wildman–Crippen MR) is 81.6 cm³/mol. The third-order valence-corrected chi connectivity index (χ3v) is 3.19. The van der Waals surface area contributed by atoms with E-state index in [0.717, 1.165) is 10.9 Å². The molecule has 0 spiro atoms. The monoisotopic (exact) mass is 318 g/mol. The van der Waals surface area contributed by atoms with E-state index < -0.39 is 16.6 Å². The van der Waals surface area contributed by atoms with Crippen molar-refractivity contribution in [3.63, 3.8) is 0 Å². The maximum absolute atomic E-state index is 12.0. The Hall–Kier alpha value is -3.43. The third-order valence-electron chi connectivity index (χ3n) is 3.19. The summed E-state index contributed by atoms with van der Waals surface area (Å²) in [6.45, 7) is 1.74. The number of nitrogens with zero attached hydrogens (tertiary/aromatic N) is 4. The van der Waals surface area contributed by atoms with E-state index in [1.165, 1.54) is 7.05 Å². The smallest absolute Gasteiger partial charge is 0.390 e. The minimum Gasteiger partial charge on any atom is -0.398 e. The van der Waals surface area contributed by atoms with Gasteiger partial charge in [0.2, 0.25) is 5.69 Å². The molecule has 10 heteroatoms. The van der Waals surface area contributed by atoms with Crippen molar-refractivity contribution in [1.82, 2.24) is 9.78 Å². The molecular weight excluding hydrogens is 304 g/mol. The summed E-state index contributed by atoms with van der Waals surface area (Å²) in [7, 11) is 1.37. The minimum absolute atomic E-state index is 0.0760. The number of amidine groups is 1. The molecular formula is C13H14N6O4. The first-order valence-electron chi connectivity index (χ1n) is 6.39. The second kappa shape index (κ2) is 6.13. The Labute approximate surface area is 130 Å². The second-order valence-corrected chi connectivity index (χ2v) is 4.63. The Kier molecular flexibility index (Phi) is 4.25. The molecule has 0 saturated heterocycles. The van der Waals surface area contributed by atoms with E-state index in [2.05, 4.69) is 15.1 Å². The van der Waals surface area contributed by atoms with Gasteiger partial charge in [0.05, 0.1) is 4.92 Å². The largest absolute Gasteiger partial charge is 0.398 e. The lowest BCUT2D eigenvalue weighted by Crippen LogP contribution is -2.18. The fourth-order valence-electron chi connectivity index (χ4n) is 1.91. The maximum atomic E-state index is 12.0. The molecule has 0 unspecified atom stereocenters. The minimum atomic E-state index is -1.04. The van der Waals surface area contributed by atoms with Gasteiger partial charge in [-0.05, 0) is 18.6 Å². The summed E-state index contributed by atoms with van der Waals surface area (Å²) in [4.78, 5) is 26.8. The number of aryl methyl sites for hydroxylation is 1. The highest BCUT2D eigenvalue weighted by atomic mass is 16.7. The molecule has 1 aromatic carbocycles. The van der Waals surface area contributed by atoms with Crippen LogP contribution in [0, 0.1) is 17.0 Å². The number of nitrogen functional groups attached to an aromatic ring is 1. The molecule has 0 aliphatic heterocycles. The molecule has 1 heterocycles. The van der Waals surface area contributed by atoms with Gasteiger partial charge in [-0.3, -0.25) is 14.8 Å². The molecule has 0 radical (unpaired) electrons. The molecule has 120 valence electrons. The van der Waals surface area contributed by atoms with Crippen LogP contribution in [0.15, 0.2) is 29.6 Å². The van der Waals surface area contributed by atoms with Gasteiger partial charge in [-0.2, -0.15) is 5.10 Å². The molecule has 0 fully saturated rings. The lowest BCUT2D eigenvalue weighted by molar-refractivity contribution is -0.385. The number of hydrogen-bond donors (Lipinski definition) is 2. The van der Waals surface area contributed by atoms with Crippen molar-refractivity contribution in [2.24, 2.45) is 17.9 Å². The number of carbonyl (C=O) groups excluding carboxylic acids is 1. The molecule has 0 atom stereocenters. The standard InChI is InChI=1S/C13H14N6O4/c1-7-8(4-3-5-9(7)14)12(15)17-23-13(20)11-10(19(21)22)6-16-18(11)2/h3-6H,14H2,1-2H3,(H2,15,17). The number of nitro groups is 1. The zero-order chi connectivity index (χ0) is 17.1. The van der Waals surface area contributed by atoms with Crippen molar-refractivity contribution in [1.29, 1.82) is 0 Å². The van der Waals surface area contributed by atoms with Crippen LogP contribution in [0.5, 0.6) is 0 Å². The first-order chi connectivity index (χ1) is 10.8. The van der Waals surface area contributed by atoms with Gasteiger partial charge in [0.1, 0.15) is 6.20 Å². The average Bonchev–Trinajstić information content (AvgIpc) is 2.89.